The van der Waals surface area contributed by atoms with Crippen LogP contribution >= 0.6 is 11.6 Å². The lowest BCUT2D eigenvalue weighted by atomic mass is 10.1. The number of fused-ring (bicyclic) bond motifs is 1. The third-order valence-corrected chi connectivity index (χ3v) is 3.34. The van der Waals surface area contributed by atoms with Crippen LogP contribution in [-0.4, -0.2) is 5.11 Å². The highest BCUT2D eigenvalue weighted by Crippen LogP contribution is 2.31. The highest BCUT2D eigenvalue weighted by molar-refractivity contribution is 6.31. The number of hydrogen-bond donors (Lipinski definition) is 1. The molecule has 0 aliphatic rings. The predicted molar refractivity (Wildman–Crippen MR) is 71.6 cm³/mol. The second kappa shape index (κ2) is 5.09. The van der Waals surface area contributed by atoms with E-state index in [-0.39, 0.29) is 5.76 Å². The first-order valence-corrected chi connectivity index (χ1v) is 6.35. The monoisotopic (exact) mass is 312 g/mol. The zero-order valence-corrected chi connectivity index (χ0v) is 11.2. The van der Waals surface area contributed by atoms with Crippen molar-refractivity contribution in [1.82, 2.24) is 0 Å². The first kappa shape index (κ1) is 14.0. The Morgan fingerprint density at radius 1 is 0.952 bits per heavy atom. The molecule has 3 aromatic rings. The molecule has 2 aromatic carbocycles. The van der Waals surface area contributed by atoms with Crippen molar-refractivity contribution in [3.05, 3.63) is 70.2 Å². The van der Waals surface area contributed by atoms with Gasteiger partial charge >= 0.3 is 0 Å². The number of halogens is 4. The van der Waals surface area contributed by atoms with Crippen LogP contribution in [0.15, 0.2) is 40.8 Å². The fourth-order valence-corrected chi connectivity index (χ4v) is 2.25. The highest BCUT2D eigenvalue weighted by Gasteiger charge is 2.21. The minimum atomic E-state index is -1.55. The molecule has 0 aliphatic heterocycles. The van der Waals surface area contributed by atoms with Crippen LogP contribution in [0.5, 0.6) is 0 Å². The number of benzene rings is 2. The molecular weight excluding hydrogens is 305 g/mol. The first-order chi connectivity index (χ1) is 9.95. The van der Waals surface area contributed by atoms with Gasteiger partial charge in [0, 0.05) is 22.0 Å². The third-order valence-electron chi connectivity index (χ3n) is 3.10. The van der Waals surface area contributed by atoms with E-state index in [0.29, 0.717) is 28.1 Å². The summed E-state index contributed by atoms with van der Waals surface area (Å²) in [5, 5.41) is 11.2. The predicted octanol–water partition coefficient (Wildman–Crippen LogP) is 4.59. The van der Waals surface area contributed by atoms with E-state index < -0.39 is 29.1 Å². The van der Waals surface area contributed by atoms with E-state index in [1.165, 1.54) is 6.07 Å². The highest BCUT2D eigenvalue weighted by atomic mass is 35.5. The molecule has 2 nitrogen and oxygen atoms in total. The van der Waals surface area contributed by atoms with E-state index in [2.05, 4.69) is 0 Å². The number of furan rings is 1. The van der Waals surface area contributed by atoms with Crippen molar-refractivity contribution in [2.24, 2.45) is 0 Å². The number of aliphatic hydroxyl groups is 1. The van der Waals surface area contributed by atoms with Gasteiger partial charge in [0.1, 0.15) is 23.3 Å². The Hall–Kier alpha value is -1.98. The number of aliphatic hydroxyl groups excluding tert-OH is 1. The fourth-order valence-electron chi connectivity index (χ4n) is 2.07. The molecule has 1 heterocycles. The van der Waals surface area contributed by atoms with Crippen molar-refractivity contribution in [3.8, 4) is 0 Å². The Morgan fingerprint density at radius 3 is 2.43 bits per heavy atom. The van der Waals surface area contributed by atoms with Gasteiger partial charge < -0.3 is 9.52 Å². The van der Waals surface area contributed by atoms with Crippen LogP contribution in [0.1, 0.15) is 17.4 Å². The van der Waals surface area contributed by atoms with Gasteiger partial charge in [0.05, 0.1) is 0 Å². The molecule has 3 rings (SSSR count). The smallest absolute Gasteiger partial charge is 0.161 e. The van der Waals surface area contributed by atoms with Crippen molar-refractivity contribution in [2.45, 2.75) is 6.10 Å². The van der Waals surface area contributed by atoms with Crippen molar-refractivity contribution >= 4 is 22.6 Å². The van der Waals surface area contributed by atoms with Crippen LogP contribution < -0.4 is 0 Å². The van der Waals surface area contributed by atoms with E-state index in [0.717, 1.165) is 0 Å². The summed E-state index contributed by atoms with van der Waals surface area (Å²) >= 11 is 5.83. The van der Waals surface area contributed by atoms with E-state index in [4.69, 9.17) is 16.0 Å². The van der Waals surface area contributed by atoms with Crippen molar-refractivity contribution in [2.75, 3.05) is 0 Å². The zero-order valence-electron chi connectivity index (χ0n) is 10.4. The summed E-state index contributed by atoms with van der Waals surface area (Å²) in [7, 11) is 0. The third kappa shape index (κ3) is 2.50. The molecule has 0 saturated heterocycles. The topological polar surface area (TPSA) is 33.4 Å². The van der Waals surface area contributed by atoms with Crippen molar-refractivity contribution in [3.63, 3.8) is 0 Å². The van der Waals surface area contributed by atoms with Crippen molar-refractivity contribution in [1.29, 1.82) is 0 Å². The van der Waals surface area contributed by atoms with Crippen LogP contribution in [0.2, 0.25) is 5.02 Å². The second-order valence-electron chi connectivity index (χ2n) is 4.52. The molecule has 1 N–H and O–H groups in total. The molecule has 1 aromatic heterocycles. The Labute approximate surface area is 122 Å². The average Bonchev–Trinajstić information content (AvgIpc) is 2.85. The van der Waals surface area contributed by atoms with E-state index in [9.17, 15) is 18.3 Å². The van der Waals surface area contributed by atoms with E-state index >= 15 is 0 Å². The summed E-state index contributed by atoms with van der Waals surface area (Å²) < 4.78 is 45.1. The lowest BCUT2D eigenvalue weighted by Crippen LogP contribution is -2.03. The van der Waals surface area contributed by atoms with Gasteiger partial charge in [0.2, 0.25) is 0 Å². The van der Waals surface area contributed by atoms with Gasteiger partial charge in [-0.05, 0) is 30.3 Å². The molecule has 0 aliphatic carbocycles. The summed E-state index contributed by atoms with van der Waals surface area (Å²) in [6.07, 6.45) is -1.55. The number of rotatable bonds is 2. The zero-order chi connectivity index (χ0) is 15.1. The summed E-state index contributed by atoms with van der Waals surface area (Å²) in [5.74, 6) is -3.61. The SMILES string of the molecule is OC(c1cc2cc(Cl)ccc2o1)c1cc(F)c(F)cc1F. The van der Waals surface area contributed by atoms with Crippen LogP contribution in [-0.2, 0) is 0 Å². The lowest BCUT2D eigenvalue weighted by molar-refractivity contribution is 0.186. The van der Waals surface area contributed by atoms with E-state index in [1.54, 1.807) is 18.2 Å². The molecule has 0 bridgehead atoms. The van der Waals surface area contributed by atoms with Gasteiger partial charge in [-0.15, -0.1) is 0 Å². The fraction of sp³-hybridized carbons (Fsp3) is 0.0667. The van der Waals surface area contributed by atoms with Gasteiger partial charge in [0.15, 0.2) is 11.6 Å². The molecule has 0 radical (unpaired) electrons. The van der Waals surface area contributed by atoms with Gasteiger partial charge in [0.25, 0.3) is 0 Å². The minimum absolute atomic E-state index is 0.0113. The van der Waals surface area contributed by atoms with Crippen LogP contribution in [0.25, 0.3) is 11.0 Å². The summed E-state index contributed by atoms with van der Waals surface area (Å²) in [6.45, 7) is 0. The molecule has 0 amide bonds. The van der Waals surface area contributed by atoms with Crippen LogP contribution in [0.4, 0.5) is 13.2 Å². The Morgan fingerprint density at radius 2 is 1.67 bits per heavy atom. The van der Waals surface area contributed by atoms with E-state index in [1.807, 2.05) is 0 Å². The Balaban J connectivity index is 2.07. The van der Waals surface area contributed by atoms with Crippen LogP contribution in [0, 0.1) is 17.5 Å². The normalized spacial score (nSPS) is 12.8. The minimum Gasteiger partial charge on any atom is -0.458 e. The van der Waals surface area contributed by atoms with Crippen LogP contribution in [0.3, 0.4) is 0 Å². The molecule has 1 unspecified atom stereocenters. The Bertz CT molecular complexity index is 829. The molecule has 21 heavy (non-hydrogen) atoms. The molecule has 0 saturated carbocycles. The van der Waals surface area contributed by atoms with Crippen molar-refractivity contribution < 1.29 is 22.7 Å². The molecular formula is C15H8ClF3O2. The number of hydrogen-bond acceptors (Lipinski definition) is 2. The maximum atomic E-state index is 13.7. The second-order valence-corrected chi connectivity index (χ2v) is 4.96. The first-order valence-electron chi connectivity index (χ1n) is 5.97. The molecule has 6 heteroatoms. The average molecular weight is 313 g/mol. The molecule has 0 fully saturated rings. The summed E-state index contributed by atoms with van der Waals surface area (Å²) in [4.78, 5) is 0. The molecule has 1 atom stereocenters. The Kier molecular flexibility index (Phi) is 3.39. The summed E-state index contributed by atoms with van der Waals surface area (Å²) in [5.41, 5.74) is 0.0375. The maximum absolute atomic E-state index is 13.7. The van der Waals surface area contributed by atoms with Gasteiger partial charge in [-0.25, -0.2) is 13.2 Å². The van der Waals surface area contributed by atoms with Gasteiger partial charge in [-0.2, -0.15) is 0 Å². The van der Waals surface area contributed by atoms with Gasteiger partial charge in [-0.3, -0.25) is 0 Å². The summed E-state index contributed by atoms with van der Waals surface area (Å²) in [6, 6.07) is 7.25. The molecule has 108 valence electrons. The van der Waals surface area contributed by atoms with Gasteiger partial charge in [-0.1, -0.05) is 11.6 Å². The largest absolute Gasteiger partial charge is 0.458 e. The maximum Gasteiger partial charge on any atom is 0.161 e. The quantitative estimate of drug-likeness (QED) is 0.702. The standard InChI is InChI=1S/C15H8ClF3O2/c16-8-1-2-13-7(3-8)4-14(21-13)15(20)9-5-11(18)12(19)6-10(9)17/h1-6,15,20H. The molecule has 0 spiro atoms. The lowest BCUT2D eigenvalue weighted by Gasteiger charge is -2.09.